The Morgan fingerprint density at radius 2 is 1.68 bits per heavy atom. The molecule has 1 aliphatic heterocycles. The third-order valence-electron chi connectivity index (χ3n) is 8.19. The second-order valence-electron chi connectivity index (χ2n) is 10.4. The van der Waals surface area contributed by atoms with Gasteiger partial charge in [-0.3, -0.25) is 4.79 Å². The average Bonchev–Trinajstić information content (AvgIpc) is 2.73. The van der Waals surface area contributed by atoms with Crippen molar-refractivity contribution in [1.82, 2.24) is 14.3 Å². The number of benzene rings is 1. The summed E-state index contributed by atoms with van der Waals surface area (Å²) >= 11 is 0. The molecule has 6 rings (SSSR count). The Kier molecular flexibility index (Phi) is 5.30. The van der Waals surface area contributed by atoms with Crippen LogP contribution in [0.2, 0.25) is 0 Å². The van der Waals surface area contributed by atoms with Crippen molar-refractivity contribution in [2.75, 3.05) is 20.7 Å². The van der Waals surface area contributed by atoms with Gasteiger partial charge < -0.3 is 10.1 Å². The molecule has 5 aliphatic rings. The summed E-state index contributed by atoms with van der Waals surface area (Å²) in [7, 11) is -0.658. The molecule has 1 aromatic rings. The maximum absolute atomic E-state index is 13.2. The van der Waals surface area contributed by atoms with E-state index in [-0.39, 0.29) is 11.3 Å². The van der Waals surface area contributed by atoms with Crippen LogP contribution in [0.25, 0.3) is 0 Å². The number of amides is 1. The van der Waals surface area contributed by atoms with Gasteiger partial charge >= 0.3 is 0 Å². The first-order chi connectivity index (χ1) is 14.8. The zero-order chi connectivity index (χ0) is 21.8. The minimum absolute atomic E-state index is 0.179. The molecule has 0 aromatic heterocycles. The van der Waals surface area contributed by atoms with Crippen molar-refractivity contribution in [3.8, 4) is 5.75 Å². The summed E-state index contributed by atoms with van der Waals surface area (Å²) in [5.41, 5.74) is 1.06. The van der Waals surface area contributed by atoms with Crippen molar-refractivity contribution in [2.24, 2.45) is 23.2 Å². The molecule has 2 atom stereocenters. The number of likely N-dealkylation sites (N-methyl/N-ethyl adjacent to an activating group) is 1. The molecule has 1 aromatic carbocycles. The number of carbonyl (C=O) groups is 1. The fraction of sp³-hybridized carbons (Fsp3) is 0.696. The first-order valence-corrected chi connectivity index (χ1v) is 12.9. The van der Waals surface area contributed by atoms with E-state index >= 15 is 0 Å². The van der Waals surface area contributed by atoms with Crippen molar-refractivity contribution in [3.63, 3.8) is 0 Å². The highest BCUT2D eigenvalue weighted by Gasteiger charge is 2.51. The molecule has 0 radical (unpaired) electrons. The predicted molar refractivity (Wildman–Crippen MR) is 118 cm³/mol. The van der Waals surface area contributed by atoms with Gasteiger partial charge in [0.15, 0.2) is 0 Å². The number of nitrogens with zero attached hydrogens (tertiary/aromatic N) is 1. The Morgan fingerprint density at radius 3 is 2.23 bits per heavy atom. The van der Waals surface area contributed by atoms with E-state index < -0.39 is 22.3 Å². The van der Waals surface area contributed by atoms with Crippen molar-refractivity contribution in [1.29, 1.82) is 0 Å². The molecule has 8 heteroatoms. The normalized spacial score (nSPS) is 38.7. The number of rotatable bonds is 5. The summed E-state index contributed by atoms with van der Waals surface area (Å²) in [5.74, 6) is 3.00. The zero-order valence-electron chi connectivity index (χ0n) is 18.3. The van der Waals surface area contributed by atoms with Gasteiger partial charge in [0, 0.05) is 19.6 Å². The first kappa shape index (κ1) is 21.2. The van der Waals surface area contributed by atoms with Crippen LogP contribution >= 0.6 is 0 Å². The molecule has 4 aliphatic carbocycles. The summed E-state index contributed by atoms with van der Waals surface area (Å²) in [6.45, 7) is 0.681. The van der Waals surface area contributed by atoms with Gasteiger partial charge in [0.05, 0.1) is 7.11 Å². The van der Waals surface area contributed by atoms with Gasteiger partial charge in [-0.1, -0.05) is 12.1 Å². The Bertz CT molecular complexity index is 911. The van der Waals surface area contributed by atoms with Crippen molar-refractivity contribution in [2.45, 2.75) is 57.0 Å². The average molecular weight is 448 g/mol. The molecule has 31 heavy (non-hydrogen) atoms. The van der Waals surface area contributed by atoms with Gasteiger partial charge in [0.2, 0.25) is 5.91 Å². The fourth-order valence-corrected chi connectivity index (χ4v) is 8.34. The molecule has 0 spiro atoms. The molecule has 1 saturated heterocycles. The Balaban J connectivity index is 1.29. The van der Waals surface area contributed by atoms with E-state index in [1.807, 2.05) is 24.3 Å². The van der Waals surface area contributed by atoms with E-state index in [0.717, 1.165) is 23.3 Å². The van der Waals surface area contributed by atoms with E-state index in [9.17, 15) is 13.2 Å². The lowest BCUT2D eigenvalue weighted by Gasteiger charge is -2.57. The van der Waals surface area contributed by atoms with Crippen molar-refractivity contribution in [3.05, 3.63) is 29.8 Å². The van der Waals surface area contributed by atoms with Crippen LogP contribution in [0.4, 0.5) is 0 Å². The summed E-state index contributed by atoms with van der Waals surface area (Å²) in [6.07, 6.45) is 8.15. The molecule has 170 valence electrons. The smallest absolute Gasteiger partial charge is 0.280 e. The summed E-state index contributed by atoms with van der Waals surface area (Å²) in [4.78, 5) is 13.2. The first-order valence-electron chi connectivity index (χ1n) is 11.4. The highest BCUT2D eigenvalue weighted by molar-refractivity contribution is 7.87. The molecule has 4 bridgehead atoms. The molecule has 1 heterocycles. The minimum atomic E-state index is -3.74. The minimum Gasteiger partial charge on any atom is -0.497 e. The lowest BCUT2D eigenvalue weighted by Crippen LogP contribution is -2.58. The van der Waals surface area contributed by atoms with Gasteiger partial charge in [-0.15, -0.1) is 0 Å². The summed E-state index contributed by atoms with van der Waals surface area (Å²) < 4.78 is 34.6. The zero-order valence-corrected chi connectivity index (χ0v) is 19.2. The molecule has 4 saturated carbocycles. The third kappa shape index (κ3) is 3.98. The molecular weight excluding hydrogens is 414 g/mol. The van der Waals surface area contributed by atoms with Crippen LogP contribution < -0.4 is 14.8 Å². The maximum Gasteiger partial charge on any atom is 0.280 e. The molecule has 7 nitrogen and oxygen atoms in total. The van der Waals surface area contributed by atoms with Crippen molar-refractivity contribution < 1.29 is 17.9 Å². The van der Waals surface area contributed by atoms with E-state index in [1.54, 1.807) is 7.11 Å². The Labute approximate surface area is 185 Å². The molecule has 2 N–H and O–H groups in total. The van der Waals surface area contributed by atoms with Crippen LogP contribution in [-0.4, -0.2) is 45.4 Å². The molecule has 1 amide bonds. The van der Waals surface area contributed by atoms with Gasteiger partial charge in [-0.05, 0) is 85.8 Å². The number of methoxy groups -OCH3 is 1. The highest BCUT2D eigenvalue weighted by atomic mass is 32.2. The van der Waals surface area contributed by atoms with Crippen LogP contribution in [0.15, 0.2) is 24.3 Å². The number of hydrogen-bond acceptors (Lipinski definition) is 4. The van der Waals surface area contributed by atoms with Crippen molar-refractivity contribution >= 4 is 16.1 Å². The Hall–Kier alpha value is -1.64. The van der Waals surface area contributed by atoms with Crippen LogP contribution in [0.1, 0.15) is 56.6 Å². The predicted octanol–water partition coefficient (Wildman–Crippen LogP) is 2.61. The topological polar surface area (TPSA) is 87.7 Å². The number of ether oxygens (including phenoxy) is 1. The maximum atomic E-state index is 13.2. The van der Waals surface area contributed by atoms with E-state index in [4.69, 9.17) is 4.74 Å². The van der Waals surface area contributed by atoms with Gasteiger partial charge in [-0.2, -0.15) is 17.4 Å². The SMILES string of the molecule is COc1ccc([C@@H]2C[C@H](C(=O)NCC34CC5CC(CC(C5)C3)C4)N(C)S(=O)(=O)N2)cc1. The standard InChI is InChI=1S/C23H33N3O4S/c1-26-21(10-20(25-31(26,28)29)18-3-5-19(30-2)6-4-18)22(27)24-14-23-11-15-7-16(12-23)9-17(8-15)13-23/h3-6,15-17,20-21,25H,7-14H2,1-2H3,(H,24,27)/t15?,16?,17?,20-,21+,23?/m0/s1. The largest absolute Gasteiger partial charge is 0.497 e. The molecule has 0 unspecified atom stereocenters. The van der Waals surface area contributed by atoms with Gasteiger partial charge in [0.25, 0.3) is 10.2 Å². The van der Waals surface area contributed by atoms with Crippen LogP contribution in [0, 0.1) is 23.2 Å². The Morgan fingerprint density at radius 1 is 1.10 bits per heavy atom. The van der Waals surface area contributed by atoms with E-state index in [2.05, 4.69) is 10.0 Å². The van der Waals surface area contributed by atoms with E-state index in [1.165, 1.54) is 49.9 Å². The number of nitrogens with one attached hydrogen (secondary N) is 2. The number of carbonyl (C=O) groups excluding carboxylic acids is 1. The summed E-state index contributed by atoms with van der Waals surface area (Å²) in [6, 6.07) is 6.16. The van der Waals surface area contributed by atoms with Crippen LogP contribution in [0.5, 0.6) is 5.75 Å². The lowest BCUT2D eigenvalue weighted by molar-refractivity contribution is -0.127. The fourth-order valence-electron chi connectivity index (χ4n) is 7.06. The highest BCUT2D eigenvalue weighted by Crippen LogP contribution is 2.59. The second kappa shape index (κ2) is 7.74. The quantitative estimate of drug-likeness (QED) is 0.726. The van der Waals surface area contributed by atoms with Crippen LogP contribution in [0.3, 0.4) is 0 Å². The van der Waals surface area contributed by atoms with E-state index in [0.29, 0.717) is 18.7 Å². The second-order valence-corrected chi connectivity index (χ2v) is 12.1. The van der Waals surface area contributed by atoms with Gasteiger partial charge in [0.1, 0.15) is 11.8 Å². The number of hydrogen-bond donors (Lipinski definition) is 2. The van der Waals surface area contributed by atoms with Crippen LogP contribution in [-0.2, 0) is 15.0 Å². The monoisotopic (exact) mass is 447 g/mol. The summed E-state index contributed by atoms with van der Waals surface area (Å²) in [5, 5.41) is 3.18. The molecule has 5 fully saturated rings. The lowest BCUT2D eigenvalue weighted by atomic mass is 9.49. The van der Waals surface area contributed by atoms with Gasteiger partial charge in [-0.25, -0.2) is 0 Å². The third-order valence-corrected chi connectivity index (χ3v) is 9.79. The molecular formula is C23H33N3O4S.